The van der Waals surface area contributed by atoms with E-state index in [2.05, 4.69) is 36.4 Å². The van der Waals surface area contributed by atoms with Crippen LogP contribution in [0.15, 0.2) is 35.9 Å². The molecule has 0 aromatic heterocycles. The second-order valence-electron chi connectivity index (χ2n) is 3.77. The Morgan fingerprint density at radius 3 is 2.23 bits per heavy atom. The Balaban J connectivity index is 2.10. The first-order valence-corrected chi connectivity index (χ1v) is 5.20. The van der Waals surface area contributed by atoms with Gasteiger partial charge in [-0.3, -0.25) is 0 Å². The van der Waals surface area contributed by atoms with Crippen molar-refractivity contribution < 1.29 is 0 Å². The number of allylic oxidation sites excluding steroid dienone is 1. The van der Waals surface area contributed by atoms with E-state index in [-0.39, 0.29) is 0 Å². The number of benzene rings is 1. The van der Waals surface area contributed by atoms with Crippen LogP contribution in [0.4, 0.5) is 0 Å². The molecule has 0 spiro atoms. The van der Waals surface area contributed by atoms with E-state index in [9.17, 15) is 0 Å². The highest BCUT2D eigenvalue weighted by atomic mass is 14.1. The van der Waals surface area contributed by atoms with Gasteiger partial charge in [0.25, 0.3) is 0 Å². The molecule has 0 radical (unpaired) electrons. The fourth-order valence-corrected chi connectivity index (χ4v) is 1.94. The maximum atomic E-state index is 2.36. The normalized spacial score (nSPS) is 17.1. The van der Waals surface area contributed by atoms with Gasteiger partial charge < -0.3 is 0 Å². The topological polar surface area (TPSA) is 0 Å². The summed E-state index contributed by atoms with van der Waals surface area (Å²) in [7, 11) is 0. The van der Waals surface area contributed by atoms with E-state index in [1.807, 2.05) is 0 Å². The molecular weight excluding hydrogens is 156 g/mol. The van der Waals surface area contributed by atoms with Crippen LogP contribution in [0.1, 0.15) is 37.7 Å². The van der Waals surface area contributed by atoms with Crippen molar-refractivity contribution in [2.45, 2.75) is 32.1 Å². The van der Waals surface area contributed by atoms with E-state index >= 15 is 0 Å². The second-order valence-corrected chi connectivity index (χ2v) is 3.77. The van der Waals surface area contributed by atoms with Gasteiger partial charge in [-0.25, -0.2) is 0 Å². The summed E-state index contributed by atoms with van der Waals surface area (Å²) in [5, 5.41) is 0. The lowest BCUT2D eigenvalue weighted by Crippen LogP contribution is -1.92. The van der Waals surface area contributed by atoms with E-state index in [0.717, 1.165) is 0 Å². The summed E-state index contributed by atoms with van der Waals surface area (Å²) in [4.78, 5) is 0. The van der Waals surface area contributed by atoms with Gasteiger partial charge in [-0.1, -0.05) is 48.4 Å². The van der Waals surface area contributed by atoms with Crippen LogP contribution >= 0.6 is 0 Å². The zero-order valence-corrected chi connectivity index (χ0v) is 8.00. The molecule has 0 atom stereocenters. The molecule has 0 amide bonds. The molecule has 0 heterocycles. The molecule has 0 nitrogen and oxygen atoms in total. The lowest BCUT2D eigenvalue weighted by Gasteiger charge is -2.13. The molecule has 1 saturated carbocycles. The first-order valence-electron chi connectivity index (χ1n) is 5.20. The molecule has 1 aliphatic rings. The van der Waals surface area contributed by atoms with E-state index in [1.54, 1.807) is 5.57 Å². The lowest BCUT2D eigenvalue weighted by atomic mass is 9.93. The summed E-state index contributed by atoms with van der Waals surface area (Å²) < 4.78 is 0. The molecule has 0 bridgehead atoms. The third-order valence-corrected chi connectivity index (χ3v) is 2.67. The van der Waals surface area contributed by atoms with Crippen LogP contribution in [0.25, 0.3) is 6.08 Å². The first-order chi connectivity index (χ1) is 6.45. The highest BCUT2D eigenvalue weighted by molar-refractivity contribution is 5.52. The molecule has 0 aliphatic heterocycles. The maximum absolute atomic E-state index is 2.36. The van der Waals surface area contributed by atoms with E-state index in [4.69, 9.17) is 0 Å². The highest BCUT2D eigenvalue weighted by Gasteiger charge is 2.04. The van der Waals surface area contributed by atoms with Crippen molar-refractivity contribution >= 4 is 6.08 Å². The molecule has 13 heavy (non-hydrogen) atoms. The minimum absolute atomic E-state index is 1.31. The molecule has 1 aromatic rings. The van der Waals surface area contributed by atoms with Crippen LogP contribution < -0.4 is 0 Å². The minimum Gasteiger partial charge on any atom is -0.0696 e. The first kappa shape index (κ1) is 8.55. The number of hydrogen-bond acceptors (Lipinski definition) is 0. The predicted octanol–water partition coefficient (Wildman–Crippen LogP) is 4.03. The van der Waals surface area contributed by atoms with Crippen molar-refractivity contribution in [1.82, 2.24) is 0 Å². The predicted molar refractivity (Wildman–Crippen MR) is 57.5 cm³/mol. The van der Waals surface area contributed by atoms with Gasteiger partial charge in [0.1, 0.15) is 0 Å². The molecular formula is C13H16. The SMILES string of the molecule is C(=C1CCCCC1)c1ccccc1. The van der Waals surface area contributed by atoms with Gasteiger partial charge in [0.15, 0.2) is 0 Å². The molecule has 0 heteroatoms. The minimum atomic E-state index is 1.31. The van der Waals surface area contributed by atoms with Crippen LogP contribution in [-0.2, 0) is 0 Å². The third kappa shape index (κ3) is 2.45. The van der Waals surface area contributed by atoms with Crippen molar-refractivity contribution in [3.05, 3.63) is 41.5 Å². The maximum Gasteiger partial charge on any atom is -0.0257 e. The van der Waals surface area contributed by atoms with Crippen molar-refractivity contribution in [2.24, 2.45) is 0 Å². The van der Waals surface area contributed by atoms with Crippen molar-refractivity contribution in [2.75, 3.05) is 0 Å². The van der Waals surface area contributed by atoms with Gasteiger partial charge in [0, 0.05) is 0 Å². The zero-order chi connectivity index (χ0) is 8.93. The van der Waals surface area contributed by atoms with Crippen LogP contribution in [0.3, 0.4) is 0 Å². The third-order valence-electron chi connectivity index (χ3n) is 2.67. The van der Waals surface area contributed by atoms with Gasteiger partial charge in [0.2, 0.25) is 0 Å². The standard InChI is InChI=1S/C13H16/c1-3-7-12(8-4-1)11-13-9-5-2-6-10-13/h1,3-4,7-8,11H,2,5-6,9-10H2. The Labute approximate surface area is 80.3 Å². The van der Waals surface area contributed by atoms with Gasteiger partial charge in [-0.2, -0.15) is 0 Å². The Morgan fingerprint density at radius 2 is 1.54 bits per heavy atom. The molecule has 0 N–H and O–H groups in total. The van der Waals surface area contributed by atoms with Crippen LogP contribution in [-0.4, -0.2) is 0 Å². The smallest absolute Gasteiger partial charge is 0.0257 e. The summed E-state index contributed by atoms with van der Waals surface area (Å²) in [5.41, 5.74) is 3.00. The van der Waals surface area contributed by atoms with Crippen molar-refractivity contribution in [1.29, 1.82) is 0 Å². The molecule has 1 aliphatic carbocycles. The fraction of sp³-hybridized carbons (Fsp3) is 0.385. The quantitative estimate of drug-likeness (QED) is 0.600. The molecule has 2 rings (SSSR count). The Morgan fingerprint density at radius 1 is 0.846 bits per heavy atom. The summed E-state index contributed by atoms with van der Waals surface area (Å²) in [6, 6.07) is 10.6. The molecule has 1 aromatic carbocycles. The molecule has 0 unspecified atom stereocenters. The zero-order valence-electron chi connectivity index (χ0n) is 8.00. The summed E-state index contributed by atoms with van der Waals surface area (Å²) >= 11 is 0. The van der Waals surface area contributed by atoms with Crippen LogP contribution in [0.2, 0.25) is 0 Å². The Kier molecular flexibility index (Phi) is 2.81. The monoisotopic (exact) mass is 172 g/mol. The fourth-order valence-electron chi connectivity index (χ4n) is 1.94. The summed E-state index contributed by atoms with van der Waals surface area (Å²) in [6.07, 6.45) is 9.19. The van der Waals surface area contributed by atoms with E-state index in [0.29, 0.717) is 0 Å². The van der Waals surface area contributed by atoms with Crippen LogP contribution in [0, 0.1) is 0 Å². The number of rotatable bonds is 1. The average molecular weight is 172 g/mol. The van der Waals surface area contributed by atoms with E-state index < -0.39 is 0 Å². The highest BCUT2D eigenvalue weighted by Crippen LogP contribution is 2.24. The van der Waals surface area contributed by atoms with Crippen molar-refractivity contribution in [3.8, 4) is 0 Å². The number of hydrogen-bond donors (Lipinski definition) is 0. The summed E-state index contributed by atoms with van der Waals surface area (Å²) in [5.74, 6) is 0. The Bertz CT molecular complexity index is 274. The van der Waals surface area contributed by atoms with Gasteiger partial charge in [0.05, 0.1) is 0 Å². The van der Waals surface area contributed by atoms with E-state index in [1.165, 1.54) is 37.7 Å². The summed E-state index contributed by atoms with van der Waals surface area (Å²) in [6.45, 7) is 0. The average Bonchev–Trinajstić information content (AvgIpc) is 2.21. The van der Waals surface area contributed by atoms with Crippen molar-refractivity contribution in [3.63, 3.8) is 0 Å². The van der Waals surface area contributed by atoms with Gasteiger partial charge >= 0.3 is 0 Å². The molecule has 0 saturated heterocycles. The largest absolute Gasteiger partial charge is 0.0696 e. The van der Waals surface area contributed by atoms with Gasteiger partial charge in [-0.05, 0) is 31.2 Å². The van der Waals surface area contributed by atoms with Gasteiger partial charge in [-0.15, -0.1) is 0 Å². The van der Waals surface area contributed by atoms with Crippen LogP contribution in [0.5, 0.6) is 0 Å². The molecule has 1 fully saturated rings. The second kappa shape index (κ2) is 4.27. The Hall–Kier alpha value is -1.04. The molecule has 68 valence electrons. The lowest BCUT2D eigenvalue weighted by molar-refractivity contribution is 0.602.